The van der Waals surface area contributed by atoms with Gasteiger partial charge in [0.15, 0.2) is 12.4 Å². The highest BCUT2D eigenvalue weighted by molar-refractivity contribution is 6.00. The molecule has 0 atom stereocenters. The molecule has 9 heteroatoms. The number of rotatable bonds is 5. The molecule has 0 aromatic carbocycles. The summed E-state index contributed by atoms with van der Waals surface area (Å²) in [7, 11) is 0. The van der Waals surface area contributed by atoms with Crippen molar-refractivity contribution in [1.29, 1.82) is 0 Å². The molecule has 9 nitrogen and oxygen atoms in total. The Morgan fingerprint density at radius 2 is 2.27 bits per heavy atom. The van der Waals surface area contributed by atoms with Crippen LogP contribution in [0.15, 0.2) is 12.1 Å². The number of ether oxygens (including phenoxy) is 2. The third-order valence-corrected chi connectivity index (χ3v) is 2.78. The van der Waals surface area contributed by atoms with Gasteiger partial charge in [0, 0.05) is 6.07 Å². The summed E-state index contributed by atoms with van der Waals surface area (Å²) in [6.45, 7) is 3.37. The van der Waals surface area contributed by atoms with Gasteiger partial charge in [0.2, 0.25) is 0 Å². The first kappa shape index (κ1) is 15.7. The standard InChI is InChI=1S/C13H15N3O6/c1-8(2)6-22-12(18)5-15-11(17)7-21-9-3-4-10(16(19)20)14-13(9)15/h3-4,8H,5-7H2,1-2H3. The van der Waals surface area contributed by atoms with Crippen molar-refractivity contribution in [3.63, 3.8) is 0 Å². The zero-order valence-corrected chi connectivity index (χ0v) is 12.1. The lowest BCUT2D eigenvalue weighted by Gasteiger charge is -2.24. The van der Waals surface area contributed by atoms with E-state index in [0.717, 1.165) is 4.90 Å². The van der Waals surface area contributed by atoms with Crippen molar-refractivity contribution in [1.82, 2.24) is 4.98 Å². The van der Waals surface area contributed by atoms with Gasteiger partial charge >= 0.3 is 11.8 Å². The molecule has 2 heterocycles. The molecule has 0 aliphatic carbocycles. The molecule has 0 radical (unpaired) electrons. The van der Waals surface area contributed by atoms with Crippen LogP contribution in [0.2, 0.25) is 0 Å². The third-order valence-electron chi connectivity index (χ3n) is 2.78. The average Bonchev–Trinajstić information content (AvgIpc) is 2.47. The van der Waals surface area contributed by atoms with Crippen molar-refractivity contribution in [2.45, 2.75) is 13.8 Å². The molecule has 1 aromatic rings. The quantitative estimate of drug-likeness (QED) is 0.451. The zero-order valence-electron chi connectivity index (χ0n) is 12.1. The Hall–Kier alpha value is -2.71. The number of pyridine rings is 1. The molecule has 0 fully saturated rings. The third kappa shape index (κ3) is 3.48. The summed E-state index contributed by atoms with van der Waals surface area (Å²) < 4.78 is 10.2. The first-order valence-corrected chi connectivity index (χ1v) is 6.62. The van der Waals surface area contributed by atoms with E-state index in [9.17, 15) is 19.7 Å². The SMILES string of the molecule is CC(C)COC(=O)CN1C(=O)COc2ccc([N+](=O)[O-])nc21. The van der Waals surface area contributed by atoms with Crippen LogP contribution in [0.25, 0.3) is 0 Å². The predicted molar refractivity (Wildman–Crippen MR) is 74.5 cm³/mol. The smallest absolute Gasteiger partial charge is 0.366 e. The summed E-state index contributed by atoms with van der Waals surface area (Å²) in [5, 5.41) is 10.8. The summed E-state index contributed by atoms with van der Waals surface area (Å²) in [5.41, 5.74) is 0. The van der Waals surface area contributed by atoms with E-state index >= 15 is 0 Å². The lowest BCUT2D eigenvalue weighted by atomic mass is 10.2. The second-order valence-electron chi connectivity index (χ2n) is 5.09. The van der Waals surface area contributed by atoms with Crippen molar-refractivity contribution >= 4 is 23.5 Å². The molecule has 2 rings (SSSR count). The Bertz CT molecular complexity index is 616. The predicted octanol–water partition coefficient (Wildman–Crippen LogP) is 0.914. The topological polar surface area (TPSA) is 112 Å². The highest BCUT2D eigenvalue weighted by Crippen LogP contribution is 2.31. The molecule has 0 saturated carbocycles. The minimum atomic E-state index is -0.686. The molecule has 0 spiro atoms. The first-order chi connectivity index (χ1) is 10.4. The van der Waals surface area contributed by atoms with Crippen LogP contribution in [0.4, 0.5) is 11.6 Å². The van der Waals surface area contributed by atoms with E-state index in [-0.39, 0.29) is 37.2 Å². The fraction of sp³-hybridized carbons (Fsp3) is 0.462. The molecule has 0 saturated heterocycles. The van der Waals surface area contributed by atoms with Crippen molar-refractivity contribution < 1.29 is 24.0 Å². The Balaban J connectivity index is 2.21. The van der Waals surface area contributed by atoms with Gasteiger partial charge in [-0.15, -0.1) is 0 Å². The van der Waals surface area contributed by atoms with Crippen LogP contribution >= 0.6 is 0 Å². The van der Waals surface area contributed by atoms with Crippen molar-refractivity contribution in [2.75, 3.05) is 24.7 Å². The highest BCUT2D eigenvalue weighted by atomic mass is 16.6. The van der Waals surface area contributed by atoms with Gasteiger partial charge in [-0.05, 0) is 21.9 Å². The van der Waals surface area contributed by atoms with Gasteiger partial charge in [-0.1, -0.05) is 13.8 Å². The number of aromatic nitrogens is 1. The molecule has 1 amide bonds. The Morgan fingerprint density at radius 3 is 2.91 bits per heavy atom. The van der Waals surface area contributed by atoms with Crippen molar-refractivity contribution in [3.05, 3.63) is 22.2 Å². The van der Waals surface area contributed by atoms with Crippen LogP contribution in [0.3, 0.4) is 0 Å². The summed E-state index contributed by atoms with van der Waals surface area (Å²) in [4.78, 5) is 38.6. The van der Waals surface area contributed by atoms with E-state index in [1.54, 1.807) is 0 Å². The van der Waals surface area contributed by atoms with E-state index < -0.39 is 22.6 Å². The fourth-order valence-electron chi connectivity index (χ4n) is 1.77. The summed E-state index contributed by atoms with van der Waals surface area (Å²) in [6.07, 6.45) is 0. The molecule has 0 unspecified atom stereocenters. The molecule has 118 valence electrons. The second kappa shape index (κ2) is 6.37. The van der Waals surface area contributed by atoms with Crippen LogP contribution < -0.4 is 9.64 Å². The molecule has 1 aliphatic rings. The van der Waals surface area contributed by atoms with Gasteiger partial charge in [-0.25, -0.2) is 0 Å². The Kier molecular flexibility index (Phi) is 4.54. The normalized spacial score (nSPS) is 13.6. The lowest BCUT2D eigenvalue weighted by Crippen LogP contribution is -2.43. The molecular weight excluding hydrogens is 294 g/mol. The highest BCUT2D eigenvalue weighted by Gasteiger charge is 2.33. The van der Waals surface area contributed by atoms with Crippen LogP contribution in [0, 0.1) is 16.0 Å². The van der Waals surface area contributed by atoms with E-state index in [1.165, 1.54) is 12.1 Å². The van der Waals surface area contributed by atoms with Crippen LogP contribution in [-0.2, 0) is 14.3 Å². The van der Waals surface area contributed by atoms with Crippen LogP contribution in [0.5, 0.6) is 5.75 Å². The Labute approximate surface area is 126 Å². The van der Waals surface area contributed by atoms with Gasteiger partial charge in [0.1, 0.15) is 6.54 Å². The largest absolute Gasteiger partial charge is 0.477 e. The molecule has 0 bridgehead atoms. The van der Waals surface area contributed by atoms with Crippen LogP contribution in [0.1, 0.15) is 13.8 Å². The van der Waals surface area contributed by atoms with E-state index in [1.807, 2.05) is 13.8 Å². The zero-order chi connectivity index (χ0) is 16.3. The van der Waals surface area contributed by atoms with E-state index in [4.69, 9.17) is 9.47 Å². The van der Waals surface area contributed by atoms with Crippen molar-refractivity contribution in [3.8, 4) is 5.75 Å². The maximum Gasteiger partial charge on any atom is 0.366 e. The van der Waals surface area contributed by atoms with E-state index in [2.05, 4.69) is 4.98 Å². The average molecular weight is 309 g/mol. The maximum atomic E-state index is 11.9. The second-order valence-corrected chi connectivity index (χ2v) is 5.09. The van der Waals surface area contributed by atoms with Gasteiger partial charge in [-0.2, -0.15) is 0 Å². The number of amides is 1. The molecule has 1 aliphatic heterocycles. The summed E-state index contributed by atoms with van der Waals surface area (Å²) >= 11 is 0. The molecular formula is C13H15N3O6. The number of nitro groups is 1. The monoisotopic (exact) mass is 309 g/mol. The van der Waals surface area contributed by atoms with Crippen LogP contribution in [-0.4, -0.2) is 41.5 Å². The molecule has 1 aromatic heterocycles. The number of fused-ring (bicyclic) bond motifs is 1. The summed E-state index contributed by atoms with van der Waals surface area (Å²) in [6, 6.07) is 2.52. The minimum Gasteiger partial charge on any atom is -0.477 e. The summed E-state index contributed by atoms with van der Waals surface area (Å²) in [5.74, 6) is -1.23. The number of hydrogen-bond acceptors (Lipinski definition) is 7. The lowest BCUT2D eigenvalue weighted by molar-refractivity contribution is -0.389. The molecule has 22 heavy (non-hydrogen) atoms. The van der Waals surface area contributed by atoms with Gasteiger partial charge in [0.25, 0.3) is 11.7 Å². The maximum absolute atomic E-state index is 11.9. The van der Waals surface area contributed by atoms with Crippen molar-refractivity contribution in [2.24, 2.45) is 5.92 Å². The van der Waals surface area contributed by atoms with Gasteiger partial charge in [0.05, 0.1) is 6.61 Å². The molecule has 0 N–H and O–H groups in total. The first-order valence-electron chi connectivity index (χ1n) is 6.62. The number of hydrogen-bond donors (Lipinski definition) is 0. The number of anilines is 1. The Morgan fingerprint density at radius 1 is 1.55 bits per heavy atom. The number of nitrogens with zero attached hydrogens (tertiary/aromatic N) is 3. The number of esters is 1. The van der Waals surface area contributed by atoms with Gasteiger partial charge in [-0.3, -0.25) is 14.5 Å². The van der Waals surface area contributed by atoms with E-state index in [0.29, 0.717) is 0 Å². The fourth-order valence-corrected chi connectivity index (χ4v) is 1.77. The van der Waals surface area contributed by atoms with Gasteiger partial charge < -0.3 is 19.6 Å². The minimum absolute atomic E-state index is 0.0491. The number of carbonyl (C=O) groups excluding carboxylic acids is 2. The number of carbonyl (C=O) groups is 2.